The minimum absolute atomic E-state index is 0.137. The number of phenols is 2. The second-order valence-electron chi connectivity index (χ2n) is 4.56. The molecule has 0 aromatic heterocycles. The van der Waals surface area contributed by atoms with Gasteiger partial charge in [-0.2, -0.15) is 0 Å². The number of nitrogens with zero attached hydrogens (tertiary/aromatic N) is 1. The van der Waals surface area contributed by atoms with Crippen LogP contribution >= 0.6 is 24.0 Å². The number of amides is 1. The highest BCUT2D eigenvalue weighted by Crippen LogP contribution is 2.34. The highest BCUT2D eigenvalue weighted by molar-refractivity contribution is 8.26. The normalized spacial score (nSPS) is 16.5. The summed E-state index contributed by atoms with van der Waals surface area (Å²) < 4.78 is 0.359. The zero-order chi connectivity index (χ0) is 16.3. The Morgan fingerprint density at radius 2 is 2.09 bits per heavy atom. The van der Waals surface area contributed by atoms with Crippen LogP contribution in [0.4, 0.5) is 0 Å². The summed E-state index contributed by atoms with van der Waals surface area (Å²) in [4.78, 5) is 24.3. The van der Waals surface area contributed by atoms with Gasteiger partial charge in [-0.1, -0.05) is 30.0 Å². The van der Waals surface area contributed by atoms with Crippen LogP contribution in [0.1, 0.15) is 18.4 Å². The number of carboxylic acid groups (broad SMARTS) is 1. The highest BCUT2D eigenvalue weighted by Gasteiger charge is 2.31. The largest absolute Gasteiger partial charge is 0.550 e. The summed E-state index contributed by atoms with van der Waals surface area (Å²) in [6, 6.07) is 4.21. The van der Waals surface area contributed by atoms with Crippen molar-refractivity contribution < 1.29 is 24.9 Å². The van der Waals surface area contributed by atoms with Gasteiger partial charge in [0.15, 0.2) is 11.5 Å². The molecule has 1 aliphatic rings. The van der Waals surface area contributed by atoms with E-state index in [1.807, 2.05) is 0 Å². The molecule has 0 saturated carbocycles. The lowest BCUT2D eigenvalue weighted by Gasteiger charge is -2.14. The number of aliphatic carboxylic acids is 1. The van der Waals surface area contributed by atoms with E-state index in [9.17, 15) is 24.9 Å². The monoisotopic (exact) mass is 338 g/mol. The number of carboxylic acids is 1. The second kappa shape index (κ2) is 6.80. The molecular formula is C14H12NO5S2-. The number of carbonyl (C=O) groups is 2. The zero-order valence-corrected chi connectivity index (χ0v) is 12.9. The SMILES string of the molecule is O=C([O-])CCCN1C(=O)/C(=C/c2ccc(O)c(O)c2)SC1=S. The number of phenolic OH excluding ortho intramolecular Hbond substituents is 2. The van der Waals surface area contributed by atoms with Crippen LogP contribution in [0.5, 0.6) is 11.5 Å². The first-order chi connectivity index (χ1) is 10.4. The summed E-state index contributed by atoms with van der Waals surface area (Å²) in [5, 5.41) is 29.1. The number of hydrogen-bond acceptors (Lipinski definition) is 7. The molecule has 8 heteroatoms. The van der Waals surface area contributed by atoms with Crippen molar-refractivity contribution in [2.75, 3.05) is 6.54 Å². The van der Waals surface area contributed by atoms with Gasteiger partial charge in [0, 0.05) is 12.5 Å². The van der Waals surface area contributed by atoms with Gasteiger partial charge in [0.05, 0.1) is 4.91 Å². The molecule has 1 fully saturated rings. The van der Waals surface area contributed by atoms with E-state index in [4.69, 9.17) is 12.2 Å². The maximum Gasteiger partial charge on any atom is 0.266 e. The second-order valence-corrected chi connectivity index (χ2v) is 6.23. The summed E-state index contributed by atoms with van der Waals surface area (Å²) in [5.41, 5.74) is 0.547. The van der Waals surface area contributed by atoms with E-state index in [2.05, 4.69) is 0 Å². The van der Waals surface area contributed by atoms with Gasteiger partial charge in [-0.05, 0) is 36.6 Å². The van der Waals surface area contributed by atoms with Crippen LogP contribution in [-0.2, 0) is 9.59 Å². The van der Waals surface area contributed by atoms with Crippen LogP contribution in [0.3, 0.4) is 0 Å². The molecule has 1 aromatic rings. The number of thioether (sulfide) groups is 1. The molecule has 22 heavy (non-hydrogen) atoms. The molecule has 1 saturated heterocycles. The average Bonchev–Trinajstić information content (AvgIpc) is 2.70. The molecule has 0 radical (unpaired) electrons. The summed E-state index contributed by atoms with van der Waals surface area (Å²) in [6.45, 7) is 0.219. The molecule has 2 N–H and O–H groups in total. The Bertz CT molecular complexity index is 671. The van der Waals surface area contributed by atoms with Crippen LogP contribution in [-0.4, -0.2) is 37.9 Å². The van der Waals surface area contributed by atoms with E-state index in [0.717, 1.165) is 11.8 Å². The number of carbonyl (C=O) groups excluding carboxylic acids is 2. The summed E-state index contributed by atoms with van der Waals surface area (Å²) in [5.74, 6) is -1.99. The molecule has 1 heterocycles. The molecule has 1 aromatic carbocycles. The quantitative estimate of drug-likeness (QED) is 0.466. The Kier molecular flexibility index (Phi) is 5.04. The van der Waals surface area contributed by atoms with Crippen LogP contribution in [0.25, 0.3) is 6.08 Å². The molecular weight excluding hydrogens is 326 g/mol. The van der Waals surface area contributed by atoms with Crippen LogP contribution < -0.4 is 5.11 Å². The summed E-state index contributed by atoms with van der Waals surface area (Å²) in [6.07, 6.45) is 1.68. The van der Waals surface area contributed by atoms with Crippen molar-refractivity contribution >= 4 is 46.3 Å². The Balaban J connectivity index is 2.11. The van der Waals surface area contributed by atoms with Crippen molar-refractivity contribution in [3.63, 3.8) is 0 Å². The van der Waals surface area contributed by atoms with Gasteiger partial charge < -0.3 is 20.1 Å². The predicted octanol–water partition coefficient (Wildman–Crippen LogP) is 0.829. The lowest BCUT2D eigenvalue weighted by molar-refractivity contribution is -0.305. The van der Waals surface area contributed by atoms with Gasteiger partial charge in [-0.25, -0.2) is 0 Å². The molecule has 1 aliphatic heterocycles. The molecule has 0 spiro atoms. The van der Waals surface area contributed by atoms with Crippen LogP contribution in [0, 0.1) is 0 Å². The molecule has 0 bridgehead atoms. The first-order valence-electron chi connectivity index (χ1n) is 6.35. The fourth-order valence-corrected chi connectivity index (χ4v) is 3.16. The zero-order valence-electron chi connectivity index (χ0n) is 11.3. The number of hydrogen-bond donors (Lipinski definition) is 2. The number of rotatable bonds is 5. The van der Waals surface area contributed by atoms with Gasteiger partial charge in [-0.3, -0.25) is 9.69 Å². The Hall–Kier alpha value is -2.06. The fraction of sp³-hybridized carbons (Fsp3) is 0.214. The van der Waals surface area contributed by atoms with E-state index in [0.29, 0.717) is 14.8 Å². The van der Waals surface area contributed by atoms with Gasteiger partial charge in [0.2, 0.25) is 0 Å². The van der Waals surface area contributed by atoms with Crippen molar-refractivity contribution in [3.8, 4) is 11.5 Å². The van der Waals surface area contributed by atoms with E-state index in [-0.39, 0.29) is 36.8 Å². The Labute approximate surface area is 136 Å². The smallest absolute Gasteiger partial charge is 0.266 e. The third kappa shape index (κ3) is 3.77. The predicted molar refractivity (Wildman–Crippen MR) is 83.9 cm³/mol. The molecule has 6 nitrogen and oxygen atoms in total. The average molecular weight is 338 g/mol. The van der Waals surface area contributed by atoms with Crippen LogP contribution in [0.2, 0.25) is 0 Å². The molecule has 1 amide bonds. The molecule has 116 valence electrons. The third-order valence-corrected chi connectivity index (χ3v) is 4.31. The maximum atomic E-state index is 12.2. The molecule has 0 atom stereocenters. The first kappa shape index (κ1) is 16.3. The van der Waals surface area contributed by atoms with Crippen molar-refractivity contribution in [3.05, 3.63) is 28.7 Å². The first-order valence-corrected chi connectivity index (χ1v) is 7.58. The van der Waals surface area contributed by atoms with E-state index < -0.39 is 5.97 Å². The van der Waals surface area contributed by atoms with E-state index >= 15 is 0 Å². The van der Waals surface area contributed by atoms with Crippen molar-refractivity contribution in [1.82, 2.24) is 4.90 Å². The third-order valence-electron chi connectivity index (χ3n) is 2.93. The van der Waals surface area contributed by atoms with Crippen LogP contribution in [0.15, 0.2) is 23.1 Å². The minimum Gasteiger partial charge on any atom is -0.550 e. The van der Waals surface area contributed by atoms with Gasteiger partial charge >= 0.3 is 0 Å². The molecule has 0 aliphatic carbocycles. The molecule has 2 rings (SSSR count). The Morgan fingerprint density at radius 3 is 2.73 bits per heavy atom. The minimum atomic E-state index is -1.17. The fourth-order valence-electron chi connectivity index (χ4n) is 1.86. The summed E-state index contributed by atoms with van der Waals surface area (Å²) >= 11 is 6.22. The highest BCUT2D eigenvalue weighted by atomic mass is 32.2. The van der Waals surface area contributed by atoms with Crippen molar-refractivity contribution in [2.24, 2.45) is 0 Å². The van der Waals surface area contributed by atoms with Gasteiger partial charge in [0.25, 0.3) is 5.91 Å². The topological polar surface area (TPSA) is 101 Å². The van der Waals surface area contributed by atoms with Gasteiger partial charge in [-0.15, -0.1) is 0 Å². The van der Waals surface area contributed by atoms with Gasteiger partial charge in [0.1, 0.15) is 4.32 Å². The standard InChI is InChI=1S/C14H13NO5S2/c16-9-4-3-8(6-10(9)17)7-11-13(20)15(14(21)22-11)5-1-2-12(18)19/h3-4,6-7,16-17H,1-2,5H2,(H,18,19)/p-1/b11-7-. The maximum absolute atomic E-state index is 12.2. The van der Waals surface area contributed by atoms with Crippen molar-refractivity contribution in [1.29, 1.82) is 0 Å². The van der Waals surface area contributed by atoms with E-state index in [1.54, 1.807) is 12.1 Å². The number of aromatic hydroxyl groups is 2. The van der Waals surface area contributed by atoms with Crippen molar-refractivity contribution in [2.45, 2.75) is 12.8 Å². The summed E-state index contributed by atoms with van der Waals surface area (Å²) in [7, 11) is 0. The number of benzene rings is 1. The van der Waals surface area contributed by atoms with E-state index in [1.165, 1.54) is 17.0 Å². The number of thiocarbonyl (C=S) groups is 1. The Morgan fingerprint density at radius 1 is 1.36 bits per heavy atom. The lowest BCUT2D eigenvalue weighted by Crippen LogP contribution is -2.30. The lowest BCUT2D eigenvalue weighted by atomic mass is 10.2. The molecule has 0 unspecified atom stereocenters.